The van der Waals surface area contributed by atoms with Gasteiger partial charge in [0, 0.05) is 35.4 Å². The van der Waals surface area contributed by atoms with Crippen LogP contribution in [0, 0.1) is 20.8 Å². The molecule has 0 saturated carbocycles. The zero-order chi connectivity index (χ0) is 20.5. The molecule has 4 rings (SSSR count). The van der Waals surface area contributed by atoms with Crippen LogP contribution in [0.4, 0.5) is 0 Å². The van der Waals surface area contributed by atoms with Crippen LogP contribution in [0.3, 0.4) is 0 Å². The molecule has 1 aliphatic rings. The number of β-amino-alcohol motifs (C(OH)–C–C–N with tert-alkyl or cyclic N) is 1. The zero-order valence-corrected chi connectivity index (χ0v) is 17.8. The maximum Gasteiger partial charge on any atom is 0.170 e. The Morgan fingerprint density at radius 2 is 1.76 bits per heavy atom. The first-order valence-corrected chi connectivity index (χ1v) is 10.3. The molecule has 2 N–H and O–H groups in total. The molecule has 2 atom stereocenters. The van der Waals surface area contributed by atoms with Crippen molar-refractivity contribution in [2.24, 2.45) is 0 Å². The second-order valence-corrected chi connectivity index (χ2v) is 7.81. The molecule has 3 aromatic rings. The maximum absolute atomic E-state index is 9.69. The maximum atomic E-state index is 9.69. The number of hydrogen-bond donors (Lipinski definition) is 2. The Morgan fingerprint density at radius 1 is 1.03 bits per heavy atom. The molecule has 0 amide bonds. The van der Waals surface area contributed by atoms with Gasteiger partial charge in [-0.3, -0.25) is 4.98 Å². The van der Waals surface area contributed by atoms with E-state index >= 15 is 0 Å². The first-order valence-electron chi connectivity index (χ1n) is 9.87. The van der Waals surface area contributed by atoms with Crippen LogP contribution >= 0.6 is 12.2 Å². The first kappa shape index (κ1) is 19.6. The molecule has 0 spiro atoms. The fraction of sp³-hybridized carbons (Fsp3) is 0.304. The lowest BCUT2D eigenvalue weighted by Crippen LogP contribution is -2.32. The molecule has 29 heavy (non-hydrogen) atoms. The number of rotatable bonds is 5. The molecule has 1 fully saturated rings. The number of hydrogen-bond acceptors (Lipinski definition) is 3. The first-order chi connectivity index (χ1) is 14.0. The van der Waals surface area contributed by atoms with Gasteiger partial charge in [-0.15, -0.1) is 0 Å². The van der Waals surface area contributed by atoms with Crippen LogP contribution in [0.25, 0.3) is 5.69 Å². The highest BCUT2D eigenvalue weighted by Gasteiger charge is 2.42. The lowest BCUT2D eigenvalue weighted by molar-refractivity contribution is 0.222. The van der Waals surface area contributed by atoms with Crippen molar-refractivity contribution in [3.63, 3.8) is 0 Å². The minimum atomic E-state index is -0.0707. The molecule has 6 heteroatoms. The number of para-hydroxylation sites is 1. The summed E-state index contributed by atoms with van der Waals surface area (Å²) in [5, 5.41) is 13.8. The average Bonchev–Trinajstić information content (AvgIpc) is 3.17. The van der Waals surface area contributed by atoms with Gasteiger partial charge in [0.1, 0.15) is 0 Å². The molecule has 1 aromatic carbocycles. The zero-order valence-electron chi connectivity index (χ0n) is 17.0. The standard InChI is InChI=1S/C23H26N4OS/c1-15-16(2)27(18-9-5-4-6-10-18)17(3)20(15)22-21(19-11-7-8-12-24-19)25-23(29)26(22)13-14-28/h4-12,21-22,28H,13-14H2,1-3H3,(H,25,29)/t21-,22-/m0/s1. The van der Waals surface area contributed by atoms with Gasteiger partial charge in [-0.1, -0.05) is 24.3 Å². The van der Waals surface area contributed by atoms with E-state index in [9.17, 15) is 5.11 Å². The van der Waals surface area contributed by atoms with E-state index in [4.69, 9.17) is 12.2 Å². The van der Waals surface area contributed by atoms with Crippen molar-refractivity contribution in [2.45, 2.75) is 32.9 Å². The number of aliphatic hydroxyl groups excluding tert-OH is 1. The third-order valence-electron chi connectivity index (χ3n) is 5.86. The normalized spacial score (nSPS) is 18.9. The second kappa shape index (κ2) is 7.97. The van der Waals surface area contributed by atoms with Crippen molar-refractivity contribution >= 4 is 17.3 Å². The van der Waals surface area contributed by atoms with E-state index in [0.717, 1.165) is 11.4 Å². The summed E-state index contributed by atoms with van der Waals surface area (Å²) < 4.78 is 2.30. The summed E-state index contributed by atoms with van der Waals surface area (Å²) in [7, 11) is 0. The van der Waals surface area contributed by atoms with Gasteiger partial charge in [-0.05, 0) is 62.8 Å². The van der Waals surface area contributed by atoms with Gasteiger partial charge < -0.3 is 19.9 Å². The van der Waals surface area contributed by atoms with E-state index < -0.39 is 0 Å². The second-order valence-electron chi connectivity index (χ2n) is 7.42. The number of nitrogens with zero attached hydrogens (tertiary/aromatic N) is 3. The van der Waals surface area contributed by atoms with Crippen molar-refractivity contribution < 1.29 is 5.11 Å². The minimum absolute atomic E-state index is 0.0341. The predicted octanol–water partition coefficient (Wildman–Crippen LogP) is 3.76. The number of thiocarbonyl (C=S) groups is 1. The van der Waals surface area contributed by atoms with Gasteiger partial charge in [-0.2, -0.15) is 0 Å². The van der Waals surface area contributed by atoms with Crippen LogP contribution in [0.2, 0.25) is 0 Å². The minimum Gasteiger partial charge on any atom is -0.395 e. The SMILES string of the molecule is Cc1c([C@H]2[C@H](c3ccccn3)NC(=S)N2CCO)c(C)n(-c2ccccc2)c1C. The van der Waals surface area contributed by atoms with Crippen molar-refractivity contribution in [1.29, 1.82) is 0 Å². The summed E-state index contributed by atoms with van der Waals surface area (Å²) in [4.78, 5) is 6.69. The monoisotopic (exact) mass is 406 g/mol. The van der Waals surface area contributed by atoms with Crippen LogP contribution in [-0.2, 0) is 0 Å². The van der Waals surface area contributed by atoms with Gasteiger partial charge in [0.05, 0.1) is 24.4 Å². The van der Waals surface area contributed by atoms with Crippen molar-refractivity contribution in [3.8, 4) is 5.69 Å². The van der Waals surface area contributed by atoms with E-state index in [-0.39, 0.29) is 18.7 Å². The third kappa shape index (κ3) is 3.32. The number of aliphatic hydroxyl groups is 1. The Kier molecular flexibility index (Phi) is 5.39. The highest BCUT2D eigenvalue weighted by Crippen LogP contribution is 2.43. The van der Waals surface area contributed by atoms with Gasteiger partial charge in [-0.25, -0.2) is 0 Å². The smallest absolute Gasteiger partial charge is 0.170 e. The van der Waals surface area contributed by atoms with Crippen LogP contribution in [-0.4, -0.2) is 37.8 Å². The Labute approximate surface area is 177 Å². The van der Waals surface area contributed by atoms with Gasteiger partial charge in [0.15, 0.2) is 5.11 Å². The highest BCUT2D eigenvalue weighted by atomic mass is 32.1. The van der Waals surface area contributed by atoms with Gasteiger partial charge >= 0.3 is 0 Å². The summed E-state index contributed by atoms with van der Waals surface area (Å²) in [6.45, 7) is 7.02. The average molecular weight is 407 g/mol. The van der Waals surface area contributed by atoms with E-state index in [2.05, 4.69) is 64.8 Å². The van der Waals surface area contributed by atoms with Crippen LogP contribution in [0.5, 0.6) is 0 Å². The van der Waals surface area contributed by atoms with E-state index in [0.29, 0.717) is 11.7 Å². The fourth-order valence-corrected chi connectivity index (χ4v) is 4.81. The van der Waals surface area contributed by atoms with Crippen molar-refractivity contribution in [1.82, 2.24) is 19.8 Å². The lowest BCUT2D eigenvalue weighted by atomic mass is 9.93. The molecule has 3 heterocycles. The Morgan fingerprint density at radius 3 is 2.41 bits per heavy atom. The molecule has 1 saturated heterocycles. The van der Waals surface area contributed by atoms with E-state index in [1.165, 1.54) is 22.5 Å². The number of aromatic nitrogens is 2. The molecular weight excluding hydrogens is 380 g/mol. The van der Waals surface area contributed by atoms with E-state index in [1.54, 1.807) is 0 Å². The van der Waals surface area contributed by atoms with Gasteiger partial charge in [0.25, 0.3) is 0 Å². The fourth-order valence-electron chi connectivity index (χ4n) is 4.47. The van der Waals surface area contributed by atoms with Crippen LogP contribution in [0.15, 0.2) is 54.7 Å². The molecular formula is C23H26N4OS. The Balaban J connectivity index is 1.89. The molecule has 0 bridgehead atoms. The molecule has 1 aliphatic heterocycles. The molecule has 2 aromatic heterocycles. The van der Waals surface area contributed by atoms with Gasteiger partial charge in [0.2, 0.25) is 0 Å². The summed E-state index contributed by atoms with van der Waals surface area (Å²) in [5.41, 5.74) is 6.98. The molecule has 0 radical (unpaired) electrons. The predicted molar refractivity (Wildman–Crippen MR) is 119 cm³/mol. The number of nitrogens with one attached hydrogen (secondary N) is 1. The quantitative estimate of drug-likeness (QED) is 0.632. The molecule has 0 unspecified atom stereocenters. The molecule has 0 aliphatic carbocycles. The van der Waals surface area contributed by atoms with Crippen molar-refractivity contribution in [2.75, 3.05) is 13.2 Å². The number of benzene rings is 1. The third-order valence-corrected chi connectivity index (χ3v) is 6.21. The topological polar surface area (TPSA) is 53.3 Å². The summed E-state index contributed by atoms with van der Waals surface area (Å²) in [5.74, 6) is 0. The summed E-state index contributed by atoms with van der Waals surface area (Å²) in [6.07, 6.45) is 1.81. The molecule has 150 valence electrons. The van der Waals surface area contributed by atoms with Crippen LogP contribution < -0.4 is 5.32 Å². The molecule has 5 nitrogen and oxygen atoms in total. The van der Waals surface area contributed by atoms with Crippen molar-refractivity contribution in [3.05, 3.63) is 82.9 Å². The Hall–Kier alpha value is -2.70. The lowest BCUT2D eigenvalue weighted by Gasteiger charge is -2.28. The number of pyridine rings is 1. The van der Waals surface area contributed by atoms with E-state index in [1.807, 2.05) is 30.5 Å². The highest BCUT2D eigenvalue weighted by molar-refractivity contribution is 7.80. The Bertz CT molecular complexity index is 1020. The summed E-state index contributed by atoms with van der Waals surface area (Å²) >= 11 is 5.65. The largest absolute Gasteiger partial charge is 0.395 e. The summed E-state index contributed by atoms with van der Waals surface area (Å²) in [6, 6.07) is 16.3. The van der Waals surface area contributed by atoms with Crippen LogP contribution in [0.1, 0.15) is 40.3 Å².